The smallest absolute Gasteiger partial charge is 0.229 e. The van der Waals surface area contributed by atoms with E-state index >= 15 is 0 Å². The molecule has 1 saturated carbocycles. The molecule has 1 aliphatic heterocycles. The molecule has 0 spiro atoms. The molecule has 6 nitrogen and oxygen atoms in total. The minimum atomic E-state index is -0.456. The number of amides is 2. The minimum absolute atomic E-state index is 0.0101. The number of hydrogen-bond acceptors (Lipinski definition) is 4. The Morgan fingerprint density at radius 2 is 1.82 bits per heavy atom. The van der Waals surface area contributed by atoms with Gasteiger partial charge in [-0.25, -0.2) is 0 Å². The molecule has 6 heteroatoms. The van der Waals surface area contributed by atoms with Crippen LogP contribution in [0.4, 0.5) is 11.4 Å². The molecule has 2 fully saturated rings. The number of likely N-dealkylation sites (tertiary alicyclic amines) is 1. The topological polar surface area (TPSA) is 87.5 Å². The summed E-state index contributed by atoms with van der Waals surface area (Å²) in [5.74, 6) is -0.196. The summed E-state index contributed by atoms with van der Waals surface area (Å²) in [6.07, 6.45) is 8.06. The molecule has 4 N–H and O–H groups in total. The van der Waals surface area contributed by atoms with Crippen LogP contribution in [-0.4, -0.2) is 41.9 Å². The molecule has 28 heavy (non-hydrogen) atoms. The summed E-state index contributed by atoms with van der Waals surface area (Å²) in [7, 11) is 0. The van der Waals surface area contributed by atoms with Crippen molar-refractivity contribution in [3.05, 3.63) is 24.3 Å². The zero-order valence-corrected chi connectivity index (χ0v) is 17.0. The lowest BCUT2D eigenvalue weighted by Crippen LogP contribution is -2.51. The number of benzene rings is 1. The van der Waals surface area contributed by atoms with Gasteiger partial charge in [-0.1, -0.05) is 25.3 Å². The van der Waals surface area contributed by atoms with Crippen molar-refractivity contribution in [3.63, 3.8) is 0 Å². The second-order valence-corrected chi connectivity index (χ2v) is 8.57. The molecule has 2 unspecified atom stereocenters. The van der Waals surface area contributed by atoms with Crippen molar-refractivity contribution in [1.29, 1.82) is 0 Å². The zero-order chi connectivity index (χ0) is 20.0. The first-order valence-corrected chi connectivity index (χ1v) is 10.7. The molecule has 3 rings (SSSR count). The quantitative estimate of drug-likeness (QED) is 0.700. The van der Waals surface area contributed by atoms with E-state index in [4.69, 9.17) is 5.73 Å². The Bertz CT molecular complexity index is 683. The van der Waals surface area contributed by atoms with Gasteiger partial charge in [0.25, 0.3) is 0 Å². The fraction of sp³-hybridized carbons (Fsp3) is 0.636. The first kappa shape index (κ1) is 20.8. The van der Waals surface area contributed by atoms with Crippen LogP contribution >= 0.6 is 0 Å². The molecule has 2 atom stereocenters. The van der Waals surface area contributed by atoms with Gasteiger partial charge in [0, 0.05) is 29.9 Å². The third kappa shape index (κ3) is 5.79. The third-order valence-electron chi connectivity index (χ3n) is 6.09. The SMILES string of the molecule is CC1(N)CCCCC1C(=O)Nc1cccc(NC(=O)CCN2CCCCC2)c1. The Morgan fingerprint density at radius 1 is 1.11 bits per heavy atom. The molecule has 0 aromatic heterocycles. The van der Waals surface area contributed by atoms with Crippen LogP contribution in [0, 0.1) is 5.92 Å². The maximum absolute atomic E-state index is 12.7. The third-order valence-corrected chi connectivity index (χ3v) is 6.09. The highest BCUT2D eigenvalue weighted by atomic mass is 16.2. The number of carbonyl (C=O) groups is 2. The second-order valence-electron chi connectivity index (χ2n) is 8.57. The Balaban J connectivity index is 1.51. The molecule has 1 aliphatic carbocycles. The molecule has 1 saturated heterocycles. The maximum Gasteiger partial charge on any atom is 0.229 e. The van der Waals surface area contributed by atoms with Crippen molar-refractivity contribution in [3.8, 4) is 0 Å². The average Bonchev–Trinajstić information content (AvgIpc) is 2.67. The van der Waals surface area contributed by atoms with Gasteiger partial charge in [-0.15, -0.1) is 0 Å². The largest absolute Gasteiger partial charge is 0.326 e. The van der Waals surface area contributed by atoms with Crippen molar-refractivity contribution in [2.75, 3.05) is 30.3 Å². The van der Waals surface area contributed by atoms with E-state index in [1.165, 1.54) is 19.3 Å². The molecule has 2 amide bonds. The van der Waals surface area contributed by atoms with E-state index in [-0.39, 0.29) is 17.7 Å². The summed E-state index contributed by atoms with van der Waals surface area (Å²) in [4.78, 5) is 27.3. The van der Waals surface area contributed by atoms with Crippen LogP contribution in [0.15, 0.2) is 24.3 Å². The first-order valence-electron chi connectivity index (χ1n) is 10.7. The van der Waals surface area contributed by atoms with Gasteiger partial charge < -0.3 is 21.3 Å². The highest BCUT2D eigenvalue weighted by molar-refractivity contribution is 5.95. The van der Waals surface area contributed by atoms with Gasteiger partial charge in [-0.3, -0.25) is 9.59 Å². The van der Waals surface area contributed by atoms with Crippen LogP contribution in [-0.2, 0) is 9.59 Å². The maximum atomic E-state index is 12.7. The molecular formula is C22H34N4O2. The standard InChI is InChI=1S/C22H34N4O2/c1-22(23)12-4-3-10-19(22)21(28)25-18-9-7-8-17(16-18)24-20(27)11-15-26-13-5-2-6-14-26/h7-9,16,19H,2-6,10-15,23H2,1H3,(H,24,27)(H,25,28). The summed E-state index contributed by atoms with van der Waals surface area (Å²) in [5.41, 5.74) is 7.29. The fourth-order valence-electron chi connectivity index (χ4n) is 4.36. The number of nitrogens with one attached hydrogen (secondary N) is 2. The fourth-order valence-corrected chi connectivity index (χ4v) is 4.36. The van der Waals surface area contributed by atoms with E-state index in [0.717, 1.165) is 45.3 Å². The Hall–Kier alpha value is -1.92. The van der Waals surface area contributed by atoms with Crippen LogP contribution < -0.4 is 16.4 Å². The Morgan fingerprint density at radius 3 is 2.54 bits per heavy atom. The van der Waals surface area contributed by atoms with E-state index in [9.17, 15) is 9.59 Å². The number of nitrogens with zero attached hydrogens (tertiary/aromatic N) is 1. The van der Waals surface area contributed by atoms with E-state index < -0.39 is 5.54 Å². The Labute approximate surface area is 168 Å². The molecule has 0 radical (unpaired) electrons. The number of nitrogens with two attached hydrogens (primary N) is 1. The highest BCUT2D eigenvalue weighted by Gasteiger charge is 2.37. The van der Waals surface area contributed by atoms with Crippen molar-refractivity contribution in [1.82, 2.24) is 4.90 Å². The van der Waals surface area contributed by atoms with Crippen molar-refractivity contribution < 1.29 is 9.59 Å². The van der Waals surface area contributed by atoms with Crippen molar-refractivity contribution >= 4 is 23.2 Å². The summed E-state index contributed by atoms with van der Waals surface area (Å²) >= 11 is 0. The van der Waals surface area contributed by atoms with E-state index in [1.807, 2.05) is 31.2 Å². The molecule has 154 valence electrons. The lowest BCUT2D eigenvalue weighted by molar-refractivity contribution is -0.122. The van der Waals surface area contributed by atoms with Crippen molar-refractivity contribution in [2.45, 2.75) is 63.8 Å². The summed E-state index contributed by atoms with van der Waals surface area (Å²) < 4.78 is 0. The minimum Gasteiger partial charge on any atom is -0.326 e. The second kappa shape index (κ2) is 9.52. The Kier molecular flexibility index (Phi) is 7.08. The summed E-state index contributed by atoms with van der Waals surface area (Å²) in [5, 5.41) is 5.94. The van der Waals surface area contributed by atoms with Crippen LogP contribution in [0.5, 0.6) is 0 Å². The zero-order valence-electron chi connectivity index (χ0n) is 17.0. The van der Waals surface area contributed by atoms with E-state index in [0.29, 0.717) is 17.8 Å². The van der Waals surface area contributed by atoms with Crippen LogP contribution in [0.25, 0.3) is 0 Å². The molecular weight excluding hydrogens is 352 g/mol. The van der Waals surface area contributed by atoms with Gasteiger partial charge in [0.1, 0.15) is 0 Å². The highest BCUT2D eigenvalue weighted by Crippen LogP contribution is 2.32. The lowest BCUT2D eigenvalue weighted by Gasteiger charge is -2.37. The molecule has 1 aromatic rings. The van der Waals surface area contributed by atoms with Gasteiger partial charge in [0.2, 0.25) is 11.8 Å². The summed E-state index contributed by atoms with van der Waals surface area (Å²) in [6.45, 7) is 4.96. The number of rotatable bonds is 6. The van der Waals surface area contributed by atoms with Crippen LogP contribution in [0.1, 0.15) is 58.3 Å². The van der Waals surface area contributed by atoms with Crippen LogP contribution in [0.3, 0.4) is 0 Å². The number of piperidine rings is 1. The molecule has 1 heterocycles. The lowest BCUT2D eigenvalue weighted by atomic mass is 9.74. The van der Waals surface area contributed by atoms with E-state index in [2.05, 4.69) is 15.5 Å². The average molecular weight is 387 g/mol. The van der Waals surface area contributed by atoms with Gasteiger partial charge in [-0.05, 0) is 63.9 Å². The van der Waals surface area contributed by atoms with Gasteiger partial charge >= 0.3 is 0 Å². The van der Waals surface area contributed by atoms with Gasteiger partial charge in [-0.2, -0.15) is 0 Å². The van der Waals surface area contributed by atoms with Crippen LogP contribution in [0.2, 0.25) is 0 Å². The molecule has 1 aromatic carbocycles. The van der Waals surface area contributed by atoms with Gasteiger partial charge in [0.15, 0.2) is 0 Å². The first-order chi connectivity index (χ1) is 13.4. The number of hydrogen-bond donors (Lipinski definition) is 3. The normalized spacial score (nSPS) is 25.9. The number of carbonyl (C=O) groups excluding carboxylic acids is 2. The number of anilines is 2. The van der Waals surface area contributed by atoms with Gasteiger partial charge in [0.05, 0.1) is 5.92 Å². The van der Waals surface area contributed by atoms with E-state index in [1.54, 1.807) is 0 Å². The predicted octanol–water partition coefficient (Wildman–Crippen LogP) is 3.35. The summed E-state index contributed by atoms with van der Waals surface area (Å²) in [6, 6.07) is 7.35. The molecule has 2 aliphatic rings. The van der Waals surface area contributed by atoms with Crippen molar-refractivity contribution in [2.24, 2.45) is 11.7 Å². The molecule has 0 bridgehead atoms. The monoisotopic (exact) mass is 386 g/mol. The predicted molar refractivity (Wildman–Crippen MR) is 113 cm³/mol.